The minimum atomic E-state index is 0.0541. The fourth-order valence-electron chi connectivity index (χ4n) is 2.14. The SMILES string of the molecule is Cc1nc(-c2ccc3c(c2)CC(=O)N3)c(Br)n1C. The molecule has 3 rings (SSSR count). The van der Waals surface area contributed by atoms with Crippen molar-refractivity contribution in [3.8, 4) is 11.3 Å². The van der Waals surface area contributed by atoms with Crippen LogP contribution in [0.1, 0.15) is 11.4 Å². The lowest BCUT2D eigenvalue weighted by Gasteiger charge is -2.02. The smallest absolute Gasteiger partial charge is 0.228 e. The second-order valence-corrected chi connectivity index (χ2v) is 5.21. The third kappa shape index (κ3) is 1.66. The Balaban J connectivity index is 2.11. The van der Waals surface area contributed by atoms with Crippen molar-refractivity contribution in [2.24, 2.45) is 7.05 Å². The molecular weight excluding hydrogens is 294 g/mol. The highest BCUT2D eigenvalue weighted by atomic mass is 79.9. The number of hydrogen-bond acceptors (Lipinski definition) is 2. The van der Waals surface area contributed by atoms with Gasteiger partial charge in [0.1, 0.15) is 16.1 Å². The van der Waals surface area contributed by atoms with E-state index in [-0.39, 0.29) is 5.91 Å². The zero-order valence-corrected chi connectivity index (χ0v) is 11.7. The first-order chi connectivity index (χ1) is 8.56. The first-order valence-corrected chi connectivity index (χ1v) is 6.47. The van der Waals surface area contributed by atoms with Crippen LogP contribution in [0, 0.1) is 6.92 Å². The Morgan fingerprint density at radius 2 is 2.22 bits per heavy atom. The molecule has 2 heterocycles. The Bertz CT molecular complexity index is 660. The third-order valence-corrected chi connectivity index (χ3v) is 4.16. The highest BCUT2D eigenvalue weighted by Gasteiger charge is 2.19. The van der Waals surface area contributed by atoms with E-state index >= 15 is 0 Å². The number of carbonyl (C=O) groups is 1. The van der Waals surface area contributed by atoms with E-state index in [0.717, 1.165) is 32.9 Å². The van der Waals surface area contributed by atoms with Crippen molar-refractivity contribution in [1.29, 1.82) is 0 Å². The molecule has 1 aliphatic heterocycles. The molecule has 92 valence electrons. The summed E-state index contributed by atoms with van der Waals surface area (Å²) in [5.41, 5.74) is 3.89. The Kier molecular flexibility index (Phi) is 2.52. The Morgan fingerprint density at radius 3 is 2.89 bits per heavy atom. The quantitative estimate of drug-likeness (QED) is 0.880. The molecule has 5 heteroatoms. The van der Waals surface area contributed by atoms with Gasteiger partial charge in [-0.25, -0.2) is 4.98 Å². The number of amides is 1. The molecule has 2 aromatic rings. The molecule has 0 unspecified atom stereocenters. The second kappa shape index (κ2) is 3.95. The molecule has 0 fully saturated rings. The van der Waals surface area contributed by atoms with Crippen molar-refractivity contribution in [3.63, 3.8) is 0 Å². The fourth-order valence-corrected chi connectivity index (χ4v) is 2.72. The summed E-state index contributed by atoms with van der Waals surface area (Å²) in [5, 5.41) is 2.83. The third-order valence-electron chi connectivity index (χ3n) is 3.25. The number of nitrogens with one attached hydrogen (secondary N) is 1. The summed E-state index contributed by atoms with van der Waals surface area (Å²) in [5.74, 6) is 1.00. The van der Waals surface area contributed by atoms with Crippen LogP contribution in [0.3, 0.4) is 0 Å². The van der Waals surface area contributed by atoms with Gasteiger partial charge in [0.05, 0.1) is 6.42 Å². The normalized spacial score (nSPS) is 13.6. The van der Waals surface area contributed by atoms with Crippen LogP contribution < -0.4 is 5.32 Å². The number of hydrogen-bond donors (Lipinski definition) is 1. The van der Waals surface area contributed by atoms with E-state index in [9.17, 15) is 4.79 Å². The minimum Gasteiger partial charge on any atom is -0.326 e. The molecule has 1 aliphatic rings. The van der Waals surface area contributed by atoms with E-state index < -0.39 is 0 Å². The fraction of sp³-hybridized carbons (Fsp3) is 0.231. The number of anilines is 1. The summed E-state index contributed by atoms with van der Waals surface area (Å²) in [7, 11) is 1.97. The van der Waals surface area contributed by atoms with Crippen molar-refractivity contribution in [2.45, 2.75) is 13.3 Å². The first-order valence-electron chi connectivity index (χ1n) is 5.68. The Hall–Kier alpha value is -1.62. The largest absolute Gasteiger partial charge is 0.326 e. The highest BCUT2D eigenvalue weighted by molar-refractivity contribution is 9.10. The minimum absolute atomic E-state index is 0.0541. The van der Waals surface area contributed by atoms with Gasteiger partial charge in [-0.2, -0.15) is 0 Å². The lowest BCUT2D eigenvalue weighted by molar-refractivity contribution is -0.115. The van der Waals surface area contributed by atoms with Crippen LogP contribution >= 0.6 is 15.9 Å². The van der Waals surface area contributed by atoms with Crippen molar-refractivity contribution in [2.75, 3.05) is 5.32 Å². The molecule has 4 nitrogen and oxygen atoms in total. The molecule has 0 spiro atoms. The van der Waals surface area contributed by atoms with E-state index in [1.807, 2.05) is 36.7 Å². The molecule has 18 heavy (non-hydrogen) atoms. The van der Waals surface area contributed by atoms with E-state index in [2.05, 4.69) is 26.2 Å². The van der Waals surface area contributed by atoms with Crippen LogP contribution in [0.5, 0.6) is 0 Å². The average Bonchev–Trinajstić information content (AvgIpc) is 2.82. The molecule has 0 atom stereocenters. The van der Waals surface area contributed by atoms with Crippen molar-refractivity contribution < 1.29 is 4.79 Å². The maximum atomic E-state index is 11.3. The number of carbonyl (C=O) groups excluding carboxylic acids is 1. The summed E-state index contributed by atoms with van der Waals surface area (Å²) >= 11 is 3.55. The van der Waals surface area contributed by atoms with Gasteiger partial charge < -0.3 is 9.88 Å². The van der Waals surface area contributed by atoms with E-state index in [0.29, 0.717) is 6.42 Å². The molecule has 0 aliphatic carbocycles. The van der Waals surface area contributed by atoms with Gasteiger partial charge in [0, 0.05) is 18.3 Å². The van der Waals surface area contributed by atoms with Gasteiger partial charge in [-0.1, -0.05) is 6.07 Å². The number of halogens is 1. The molecule has 0 saturated heterocycles. The van der Waals surface area contributed by atoms with Gasteiger partial charge in [-0.15, -0.1) is 0 Å². The molecule has 1 amide bonds. The molecule has 1 aromatic carbocycles. The van der Waals surface area contributed by atoms with E-state index in [4.69, 9.17) is 0 Å². The zero-order valence-electron chi connectivity index (χ0n) is 10.1. The number of aromatic nitrogens is 2. The van der Waals surface area contributed by atoms with Gasteiger partial charge in [-0.05, 0) is 40.5 Å². The predicted molar refractivity (Wildman–Crippen MR) is 73.4 cm³/mol. The number of fused-ring (bicyclic) bond motifs is 1. The number of benzene rings is 1. The maximum absolute atomic E-state index is 11.3. The highest BCUT2D eigenvalue weighted by Crippen LogP contribution is 2.32. The Morgan fingerprint density at radius 1 is 1.44 bits per heavy atom. The number of nitrogens with zero attached hydrogens (tertiary/aromatic N) is 2. The summed E-state index contributed by atoms with van der Waals surface area (Å²) in [4.78, 5) is 15.9. The van der Waals surface area contributed by atoms with Crippen molar-refractivity contribution >= 4 is 27.5 Å². The van der Waals surface area contributed by atoms with Gasteiger partial charge in [0.15, 0.2) is 0 Å². The molecule has 1 aromatic heterocycles. The van der Waals surface area contributed by atoms with Crippen LogP contribution in [-0.4, -0.2) is 15.5 Å². The standard InChI is InChI=1S/C13H12BrN3O/c1-7-15-12(13(14)17(7)2)8-3-4-10-9(5-8)6-11(18)16-10/h3-5H,6H2,1-2H3,(H,16,18). The topological polar surface area (TPSA) is 46.9 Å². The van der Waals surface area contributed by atoms with Crippen LogP contribution in [0.25, 0.3) is 11.3 Å². The number of rotatable bonds is 1. The lowest BCUT2D eigenvalue weighted by Crippen LogP contribution is -2.03. The summed E-state index contributed by atoms with van der Waals surface area (Å²) in [6.45, 7) is 1.96. The first kappa shape index (κ1) is 11.5. The lowest BCUT2D eigenvalue weighted by atomic mass is 10.1. The zero-order chi connectivity index (χ0) is 12.9. The molecule has 0 saturated carbocycles. The summed E-state index contributed by atoms with van der Waals surface area (Å²) in [6.07, 6.45) is 0.451. The molecule has 0 bridgehead atoms. The van der Waals surface area contributed by atoms with Gasteiger partial charge >= 0.3 is 0 Å². The summed E-state index contributed by atoms with van der Waals surface area (Å²) < 4.78 is 2.95. The van der Waals surface area contributed by atoms with Crippen molar-refractivity contribution in [3.05, 3.63) is 34.2 Å². The molecule has 0 radical (unpaired) electrons. The van der Waals surface area contributed by atoms with Crippen LogP contribution in [0.4, 0.5) is 5.69 Å². The maximum Gasteiger partial charge on any atom is 0.228 e. The van der Waals surface area contributed by atoms with Crippen molar-refractivity contribution in [1.82, 2.24) is 9.55 Å². The number of aryl methyl sites for hydroxylation is 1. The predicted octanol–water partition coefficient (Wildman–Crippen LogP) is 2.65. The van der Waals surface area contributed by atoms with Crippen LogP contribution in [0.15, 0.2) is 22.8 Å². The van der Waals surface area contributed by atoms with E-state index in [1.165, 1.54) is 0 Å². The number of imidazole rings is 1. The average molecular weight is 306 g/mol. The molecular formula is C13H12BrN3O. The van der Waals surface area contributed by atoms with E-state index in [1.54, 1.807) is 0 Å². The summed E-state index contributed by atoms with van der Waals surface area (Å²) in [6, 6.07) is 5.95. The molecule has 1 N–H and O–H groups in total. The van der Waals surface area contributed by atoms with Gasteiger partial charge in [0.25, 0.3) is 0 Å². The van der Waals surface area contributed by atoms with Gasteiger partial charge in [0.2, 0.25) is 5.91 Å². The van der Waals surface area contributed by atoms with Gasteiger partial charge in [-0.3, -0.25) is 4.79 Å². The monoisotopic (exact) mass is 305 g/mol. The van der Waals surface area contributed by atoms with Crippen LogP contribution in [0.2, 0.25) is 0 Å². The van der Waals surface area contributed by atoms with Crippen LogP contribution in [-0.2, 0) is 18.3 Å². The second-order valence-electron chi connectivity index (χ2n) is 4.45. The Labute approximate surface area is 113 Å².